The lowest BCUT2D eigenvalue weighted by atomic mass is 10.3. The minimum Gasteiger partial charge on any atom is -0.308 e. The predicted octanol–water partition coefficient (Wildman–Crippen LogP) is 2.20. The highest BCUT2D eigenvalue weighted by molar-refractivity contribution is 5.75. The number of pyridine rings is 1. The van der Waals surface area contributed by atoms with Gasteiger partial charge in [0.15, 0.2) is 5.65 Å². The SMILES string of the molecule is Cc1nc2c(cc1[N+](=O)[O-])nc(C(F)(F)F)n2C. The average Bonchev–Trinajstić information content (AvgIpc) is 2.54. The van der Waals surface area contributed by atoms with Crippen LogP contribution >= 0.6 is 0 Å². The van der Waals surface area contributed by atoms with Gasteiger partial charge in [-0.25, -0.2) is 9.97 Å². The lowest BCUT2D eigenvalue weighted by Crippen LogP contribution is -2.12. The van der Waals surface area contributed by atoms with Crippen LogP contribution in [0.1, 0.15) is 11.5 Å². The van der Waals surface area contributed by atoms with Crippen LogP contribution in [0.5, 0.6) is 0 Å². The Kier molecular flexibility index (Phi) is 2.49. The summed E-state index contributed by atoms with van der Waals surface area (Å²) in [5.74, 6) is -1.13. The van der Waals surface area contributed by atoms with Crippen LogP contribution in [0.4, 0.5) is 18.9 Å². The fourth-order valence-corrected chi connectivity index (χ4v) is 1.63. The molecule has 0 aliphatic rings. The van der Waals surface area contributed by atoms with Gasteiger partial charge in [0, 0.05) is 13.1 Å². The molecule has 96 valence electrons. The van der Waals surface area contributed by atoms with Gasteiger partial charge in [-0.3, -0.25) is 10.1 Å². The van der Waals surface area contributed by atoms with Crippen molar-refractivity contribution in [1.82, 2.24) is 14.5 Å². The van der Waals surface area contributed by atoms with Gasteiger partial charge in [0.1, 0.15) is 11.2 Å². The zero-order valence-corrected chi connectivity index (χ0v) is 9.32. The lowest BCUT2D eigenvalue weighted by molar-refractivity contribution is -0.385. The van der Waals surface area contributed by atoms with E-state index in [1.165, 1.54) is 6.92 Å². The van der Waals surface area contributed by atoms with Crippen molar-refractivity contribution >= 4 is 16.9 Å². The summed E-state index contributed by atoms with van der Waals surface area (Å²) in [6, 6.07) is 0.993. The van der Waals surface area contributed by atoms with E-state index < -0.39 is 16.9 Å². The molecule has 2 aromatic heterocycles. The van der Waals surface area contributed by atoms with Crippen LogP contribution in [0.3, 0.4) is 0 Å². The minimum atomic E-state index is -4.63. The van der Waals surface area contributed by atoms with Crippen molar-refractivity contribution in [3.8, 4) is 0 Å². The van der Waals surface area contributed by atoms with E-state index in [9.17, 15) is 23.3 Å². The van der Waals surface area contributed by atoms with Crippen molar-refractivity contribution in [2.45, 2.75) is 13.1 Å². The fraction of sp³-hybridized carbons (Fsp3) is 0.333. The maximum Gasteiger partial charge on any atom is 0.449 e. The van der Waals surface area contributed by atoms with E-state index in [0.717, 1.165) is 17.7 Å². The average molecular weight is 260 g/mol. The van der Waals surface area contributed by atoms with Crippen LogP contribution in [-0.4, -0.2) is 19.5 Å². The Morgan fingerprint density at radius 3 is 2.50 bits per heavy atom. The first-order chi connectivity index (χ1) is 8.21. The first-order valence-electron chi connectivity index (χ1n) is 4.77. The summed E-state index contributed by atoms with van der Waals surface area (Å²) in [7, 11) is 1.16. The molecule has 0 saturated carbocycles. The van der Waals surface area contributed by atoms with Crippen molar-refractivity contribution in [3.05, 3.63) is 27.7 Å². The molecule has 9 heteroatoms. The van der Waals surface area contributed by atoms with Gasteiger partial charge in [0.2, 0.25) is 5.82 Å². The van der Waals surface area contributed by atoms with Gasteiger partial charge in [-0.2, -0.15) is 13.2 Å². The Bertz CT molecular complexity index is 647. The molecule has 0 amide bonds. The van der Waals surface area contributed by atoms with E-state index >= 15 is 0 Å². The molecule has 0 aromatic carbocycles. The summed E-state index contributed by atoms with van der Waals surface area (Å²) in [5.41, 5.74) is -0.494. The number of alkyl halides is 3. The smallest absolute Gasteiger partial charge is 0.308 e. The minimum absolute atomic E-state index is 0.0366. The van der Waals surface area contributed by atoms with Crippen LogP contribution in [-0.2, 0) is 13.2 Å². The normalized spacial score (nSPS) is 12.1. The molecule has 2 rings (SSSR count). The molecule has 0 atom stereocenters. The zero-order valence-electron chi connectivity index (χ0n) is 9.32. The molecule has 0 fully saturated rings. The zero-order chi connectivity index (χ0) is 13.7. The fourth-order valence-electron chi connectivity index (χ4n) is 1.63. The van der Waals surface area contributed by atoms with Gasteiger partial charge in [-0.1, -0.05) is 0 Å². The highest BCUT2D eigenvalue weighted by Gasteiger charge is 2.37. The molecule has 0 spiro atoms. The van der Waals surface area contributed by atoms with Crippen LogP contribution < -0.4 is 0 Å². The molecule has 0 aliphatic heterocycles. The van der Waals surface area contributed by atoms with E-state index in [2.05, 4.69) is 9.97 Å². The number of nitro groups is 1. The summed E-state index contributed by atoms with van der Waals surface area (Å²) in [5, 5.41) is 10.7. The molecule has 6 nitrogen and oxygen atoms in total. The summed E-state index contributed by atoms with van der Waals surface area (Å²) in [6.45, 7) is 1.36. The van der Waals surface area contributed by atoms with E-state index in [4.69, 9.17) is 0 Å². The molecule has 0 bridgehead atoms. The number of hydrogen-bond acceptors (Lipinski definition) is 4. The number of hydrogen-bond donors (Lipinski definition) is 0. The van der Waals surface area contributed by atoms with Crippen molar-refractivity contribution in [2.75, 3.05) is 0 Å². The number of aromatic nitrogens is 3. The monoisotopic (exact) mass is 260 g/mol. The third-order valence-corrected chi connectivity index (χ3v) is 2.46. The molecule has 0 radical (unpaired) electrons. The number of halogens is 3. The predicted molar refractivity (Wildman–Crippen MR) is 54.9 cm³/mol. The van der Waals surface area contributed by atoms with E-state index in [1.807, 2.05) is 0 Å². The molecule has 0 N–H and O–H groups in total. The second kappa shape index (κ2) is 3.65. The Morgan fingerprint density at radius 2 is 2.00 bits per heavy atom. The van der Waals surface area contributed by atoms with Crippen molar-refractivity contribution in [2.24, 2.45) is 7.05 Å². The molecule has 2 heterocycles. The Balaban J connectivity index is 2.78. The van der Waals surface area contributed by atoms with Crippen LogP contribution in [0.15, 0.2) is 6.07 Å². The molecule has 18 heavy (non-hydrogen) atoms. The van der Waals surface area contributed by atoms with Gasteiger partial charge in [0.05, 0.1) is 4.92 Å². The van der Waals surface area contributed by atoms with Crippen molar-refractivity contribution in [1.29, 1.82) is 0 Å². The third kappa shape index (κ3) is 1.77. The lowest BCUT2D eigenvalue weighted by Gasteiger charge is -2.04. The van der Waals surface area contributed by atoms with E-state index in [-0.39, 0.29) is 22.5 Å². The molecule has 0 saturated heterocycles. The van der Waals surface area contributed by atoms with Gasteiger partial charge in [-0.05, 0) is 6.92 Å². The van der Waals surface area contributed by atoms with Crippen LogP contribution in [0, 0.1) is 17.0 Å². The Labute approximate surface area is 98.2 Å². The molecular weight excluding hydrogens is 253 g/mol. The maximum absolute atomic E-state index is 12.6. The number of fused-ring (bicyclic) bond motifs is 1. The Hall–Kier alpha value is -2.19. The highest BCUT2D eigenvalue weighted by atomic mass is 19.4. The van der Waals surface area contributed by atoms with Crippen LogP contribution in [0.2, 0.25) is 0 Å². The highest BCUT2D eigenvalue weighted by Crippen LogP contribution is 2.31. The van der Waals surface area contributed by atoms with Gasteiger partial charge in [0.25, 0.3) is 5.69 Å². The van der Waals surface area contributed by atoms with Gasteiger partial charge in [-0.15, -0.1) is 0 Å². The number of nitrogens with zero attached hydrogens (tertiary/aromatic N) is 4. The third-order valence-electron chi connectivity index (χ3n) is 2.46. The van der Waals surface area contributed by atoms with Crippen molar-refractivity contribution in [3.63, 3.8) is 0 Å². The van der Waals surface area contributed by atoms with Crippen molar-refractivity contribution < 1.29 is 18.1 Å². The Morgan fingerprint density at radius 1 is 1.39 bits per heavy atom. The second-order valence-electron chi connectivity index (χ2n) is 3.68. The first kappa shape index (κ1) is 12.3. The summed E-state index contributed by atoms with van der Waals surface area (Å²) >= 11 is 0. The largest absolute Gasteiger partial charge is 0.449 e. The summed E-state index contributed by atoms with van der Waals surface area (Å²) < 4.78 is 38.6. The second-order valence-corrected chi connectivity index (χ2v) is 3.68. The molecular formula is C9H7F3N4O2. The number of rotatable bonds is 1. The number of imidazole rings is 1. The standard InChI is InChI=1S/C9H7F3N4O2/c1-4-6(16(17)18)3-5-7(13-4)15(2)8(14-5)9(10,11)12/h3H,1-2H3. The maximum atomic E-state index is 12.6. The topological polar surface area (TPSA) is 73.8 Å². The van der Waals surface area contributed by atoms with Crippen LogP contribution in [0.25, 0.3) is 11.2 Å². The summed E-state index contributed by atoms with van der Waals surface area (Å²) in [6.07, 6.45) is -4.63. The first-order valence-corrected chi connectivity index (χ1v) is 4.77. The van der Waals surface area contributed by atoms with E-state index in [0.29, 0.717) is 0 Å². The number of aryl methyl sites for hydroxylation is 2. The van der Waals surface area contributed by atoms with Gasteiger partial charge < -0.3 is 4.57 Å². The molecule has 2 aromatic rings. The molecule has 0 unspecified atom stereocenters. The molecule has 0 aliphatic carbocycles. The summed E-state index contributed by atoms with van der Waals surface area (Å²) in [4.78, 5) is 17.1. The van der Waals surface area contributed by atoms with Gasteiger partial charge >= 0.3 is 6.18 Å². The quantitative estimate of drug-likeness (QED) is 0.582. The van der Waals surface area contributed by atoms with E-state index in [1.54, 1.807) is 0 Å².